The molecule has 2 aliphatic rings. The number of benzene rings is 1. The average molecular weight is 327 g/mol. The van der Waals surface area contributed by atoms with Crippen LogP contribution in [-0.2, 0) is 4.79 Å². The predicted molar refractivity (Wildman–Crippen MR) is 86.9 cm³/mol. The summed E-state index contributed by atoms with van der Waals surface area (Å²) in [5.74, 6) is 1.36. The fourth-order valence-electron chi connectivity index (χ4n) is 3.34. The molecule has 0 aromatic heterocycles. The molecule has 5 nitrogen and oxygen atoms in total. The molecule has 2 unspecified atom stereocenters. The Labute approximate surface area is 137 Å². The van der Waals surface area contributed by atoms with Crippen LogP contribution in [0, 0.1) is 0 Å². The number of para-hydroxylation sites is 2. The number of ether oxygens (including phenoxy) is 2. The Morgan fingerprint density at radius 3 is 2.73 bits per heavy atom. The molecule has 2 fully saturated rings. The quantitative estimate of drug-likeness (QED) is 0.917. The van der Waals surface area contributed by atoms with Crippen molar-refractivity contribution in [1.29, 1.82) is 0 Å². The van der Waals surface area contributed by atoms with Crippen LogP contribution in [0.1, 0.15) is 19.3 Å². The number of nitrogens with one attached hydrogen (secondary N) is 1. The second-order valence-corrected chi connectivity index (χ2v) is 5.62. The Kier molecular flexibility index (Phi) is 5.91. The number of hydrogen-bond donors (Lipinski definition) is 1. The van der Waals surface area contributed by atoms with E-state index in [1.165, 1.54) is 0 Å². The number of nitrogens with zero attached hydrogens (tertiary/aromatic N) is 1. The van der Waals surface area contributed by atoms with Crippen LogP contribution in [0.2, 0.25) is 0 Å². The van der Waals surface area contributed by atoms with Gasteiger partial charge in [0.1, 0.15) is 0 Å². The van der Waals surface area contributed by atoms with E-state index in [1.54, 1.807) is 7.11 Å². The molecule has 0 aliphatic carbocycles. The molecule has 2 aliphatic heterocycles. The number of carbonyl (C=O) groups excluding carboxylic acids is 1. The molecule has 2 bridgehead atoms. The Morgan fingerprint density at radius 1 is 1.23 bits per heavy atom. The smallest absolute Gasteiger partial charge is 0.261 e. The lowest BCUT2D eigenvalue weighted by atomic mass is 10.1. The van der Waals surface area contributed by atoms with E-state index in [4.69, 9.17) is 9.47 Å². The molecular weight excluding hydrogens is 304 g/mol. The number of halogens is 1. The van der Waals surface area contributed by atoms with E-state index in [0.29, 0.717) is 23.6 Å². The van der Waals surface area contributed by atoms with E-state index in [2.05, 4.69) is 5.32 Å². The molecule has 1 aromatic carbocycles. The van der Waals surface area contributed by atoms with Gasteiger partial charge in [-0.15, -0.1) is 12.4 Å². The summed E-state index contributed by atoms with van der Waals surface area (Å²) in [6, 6.07) is 8.12. The van der Waals surface area contributed by atoms with Crippen molar-refractivity contribution in [2.75, 3.05) is 26.8 Å². The summed E-state index contributed by atoms with van der Waals surface area (Å²) < 4.78 is 10.9. The third kappa shape index (κ3) is 3.47. The topological polar surface area (TPSA) is 50.8 Å². The molecule has 1 N–H and O–H groups in total. The molecule has 3 rings (SSSR count). The van der Waals surface area contributed by atoms with E-state index in [1.807, 2.05) is 29.2 Å². The number of fused-ring (bicyclic) bond motifs is 2. The monoisotopic (exact) mass is 326 g/mol. The second-order valence-electron chi connectivity index (χ2n) is 5.62. The predicted octanol–water partition coefficient (Wildman–Crippen LogP) is 1.85. The van der Waals surface area contributed by atoms with Gasteiger partial charge in [-0.1, -0.05) is 12.1 Å². The van der Waals surface area contributed by atoms with Gasteiger partial charge in [0, 0.05) is 18.6 Å². The number of hydrogen-bond acceptors (Lipinski definition) is 4. The summed E-state index contributed by atoms with van der Waals surface area (Å²) in [6.07, 6.45) is 3.25. The van der Waals surface area contributed by atoms with E-state index in [-0.39, 0.29) is 24.9 Å². The van der Waals surface area contributed by atoms with Gasteiger partial charge in [-0.3, -0.25) is 4.79 Å². The molecule has 2 saturated heterocycles. The Morgan fingerprint density at radius 2 is 1.95 bits per heavy atom. The molecule has 0 saturated carbocycles. The van der Waals surface area contributed by atoms with Crippen LogP contribution in [0.15, 0.2) is 24.3 Å². The van der Waals surface area contributed by atoms with Crippen molar-refractivity contribution < 1.29 is 14.3 Å². The summed E-state index contributed by atoms with van der Waals surface area (Å²) in [4.78, 5) is 14.6. The van der Waals surface area contributed by atoms with Crippen LogP contribution >= 0.6 is 12.4 Å². The van der Waals surface area contributed by atoms with Crippen molar-refractivity contribution in [3.8, 4) is 11.5 Å². The van der Waals surface area contributed by atoms with Gasteiger partial charge in [-0.2, -0.15) is 0 Å². The third-order valence-corrected chi connectivity index (χ3v) is 4.36. The van der Waals surface area contributed by atoms with Gasteiger partial charge in [0.2, 0.25) is 0 Å². The number of amides is 1. The lowest BCUT2D eigenvalue weighted by Gasteiger charge is -2.27. The zero-order valence-corrected chi connectivity index (χ0v) is 13.6. The first-order chi connectivity index (χ1) is 10.3. The average Bonchev–Trinajstić information content (AvgIpc) is 2.78. The van der Waals surface area contributed by atoms with E-state index in [0.717, 1.165) is 32.4 Å². The van der Waals surface area contributed by atoms with Crippen LogP contribution in [0.25, 0.3) is 0 Å². The maximum absolute atomic E-state index is 12.5. The van der Waals surface area contributed by atoms with Crippen LogP contribution in [0.3, 0.4) is 0 Å². The van der Waals surface area contributed by atoms with Crippen molar-refractivity contribution in [1.82, 2.24) is 10.2 Å². The standard InChI is InChI=1S/C16H22N2O3.ClH/c1-20-14-4-2-3-5-15(14)21-11-16(19)18-12-6-7-13(18)10-17-9-8-12;/h2-5,12-13,17H,6-11H2,1H3;1H. The van der Waals surface area contributed by atoms with Crippen LogP contribution < -0.4 is 14.8 Å². The molecule has 0 spiro atoms. The zero-order chi connectivity index (χ0) is 14.7. The van der Waals surface area contributed by atoms with Crippen molar-refractivity contribution in [3.63, 3.8) is 0 Å². The SMILES string of the molecule is COc1ccccc1OCC(=O)N1C2CCNCC1CC2.Cl. The minimum Gasteiger partial charge on any atom is -0.493 e. The highest BCUT2D eigenvalue weighted by atomic mass is 35.5. The summed E-state index contributed by atoms with van der Waals surface area (Å²) >= 11 is 0. The molecule has 6 heteroatoms. The zero-order valence-electron chi connectivity index (χ0n) is 12.8. The molecular formula is C16H23ClN2O3. The minimum absolute atomic E-state index is 0. The molecule has 0 radical (unpaired) electrons. The van der Waals surface area contributed by atoms with Gasteiger partial charge in [0.15, 0.2) is 18.1 Å². The van der Waals surface area contributed by atoms with Crippen LogP contribution in [0.5, 0.6) is 11.5 Å². The van der Waals surface area contributed by atoms with E-state index < -0.39 is 0 Å². The van der Waals surface area contributed by atoms with Gasteiger partial charge in [-0.05, 0) is 37.9 Å². The summed E-state index contributed by atoms with van der Waals surface area (Å²) in [6.45, 7) is 1.97. The first-order valence-corrected chi connectivity index (χ1v) is 7.57. The highest BCUT2D eigenvalue weighted by molar-refractivity contribution is 5.85. The number of carbonyl (C=O) groups is 1. The largest absolute Gasteiger partial charge is 0.493 e. The van der Waals surface area contributed by atoms with Gasteiger partial charge >= 0.3 is 0 Å². The first-order valence-electron chi connectivity index (χ1n) is 7.57. The maximum Gasteiger partial charge on any atom is 0.261 e. The van der Waals surface area contributed by atoms with Crippen molar-refractivity contribution >= 4 is 18.3 Å². The molecule has 2 atom stereocenters. The summed E-state index contributed by atoms with van der Waals surface area (Å²) in [7, 11) is 1.60. The maximum atomic E-state index is 12.5. The van der Waals surface area contributed by atoms with Crippen molar-refractivity contribution in [2.45, 2.75) is 31.3 Å². The molecule has 122 valence electrons. The Balaban J connectivity index is 0.00000176. The van der Waals surface area contributed by atoms with Gasteiger partial charge in [0.25, 0.3) is 5.91 Å². The van der Waals surface area contributed by atoms with E-state index in [9.17, 15) is 4.79 Å². The summed E-state index contributed by atoms with van der Waals surface area (Å²) in [5.41, 5.74) is 0. The second kappa shape index (κ2) is 7.70. The highest BCUT2D eigenvalue weighted by Crippen LogP contribution is 2.29. The third-order valence-electron chi connectivity index (χ3n) is 4.36. The van der Waals surface area contributed by atoms with Crippen molar-refractivity contribution in [2.24, 2.45) is 0 Å². The first kappa shape index (κ1) is 16.9. The van der Waals surface area contributed by atoms with E-state index >= 15 is 0 Å². The van der Waals surface area contributed by atoms with Crippen molar-refractivity contribution in [3.05, 3.63) is 24.3 Å². The highest BCUT2D eigenvalue weighted by Gasteiger charge is 2.37. The normalized spacial score (nSPS) is 23.4. The molecule has 22 heavy (non-hydrogen) atoms. The fourth-order valence-corrected chi connectivity index (χ4v) is 3.34. The minimum atomic E-state index is 0. The lowest BCUT2D eigenvalue weighted by Crippen LogP contribution is -2.44. The Bertz CT molecular complexity index is 498. The molecule has 2 heterocycles. The van der Waals surface area contributed by atoms with Gasteiger partial charge in [0.05, 0.1) is 7.11 Å². The Hall–Kier alpha value is -1.46. The molecule has 1 amide bonds. The van der Waals surface area contributed by atoms with Gasteiger partial charge in [-0.25, -0.2) is 0 Å². The van der Waals surface area contributed by atoms with Crippen LogP contribution in [-0.4, -0.2) is 49.7 Å². The number of rotatable bonds is 4. The van der Waals surface area contributed by atoms with Crippen LogP contribution in [0.4, 0.5) is 0 Å². The summed E-state index contributed by atoms with van der Waals surface area (Å²) in [5, 5.41) is 3.40. The van der Waals surface area contributed by atoms with Gasteiger partial charge < -0.3 is 19.7 Å². The fraction of sp³-hybridized carbons (Fsp3) is 0.562. The molecule has 1 aromatic rings. The lowest BCUT2D eigenvalue weighted by molar-refractivity contribution is -0.136. The number of methoxy groups -OCH3 is 1.